The molecule has 0 aliphatic rings. The second-order valence-electron chi connectivity index (χ2n) is 4.42. The quantitative estimate of drug-likeness (QED) is 0.509. The van der Waals surface area contributed by atoms with Crippen molar-refractivity contribution in [3.05, 3.63) is 57.9 Å². The van der Waals surface area contributed by atoms with Gasteiger partial charge in [-0.15, -0.1) is 0 Å². The van der Waals surface area contributed by atoms with Crippen molar-refractivity contribution in [2.75, 3.05) is 5.32 Å². The normalized spacial score (nSPS) is 10.1. The number of nitrogens with zero attached hydrogens (tertiary/aromatic N) is 2. The standard InChI is InChI=1S/C14H13N3O4/c1-9-4-3-7-15-10(9)8-13(19)16-14-11(17(20)21)5-2-6-12(14)18/h2-7,18H,8H2,1H3,(H,16,19). The Morgan fingerprint density at radius 1 is 1.38 bits per heavy atom. The van der Waals surface area contributed by atoms with Gasteiger partial charge in [-0.2, -0.15) is 0 Å². The van der Waals surface area contributed by atoms with Crippen LogP contribution in [0.1, 0.15) is 11.3 Å². The summed E-state index contributed by atoms with van der Waals surface area (Å²) in [6.45, 7) is 1.82. The zero-order valence-electron chi connectivity index (χ0n) is 11.2. The van der Waals surface area contributed by atoms with Crippen molar-refractivity contribution in [2.45, 2.75) is 13.3 Å². The first-order valence-electron chi connectivity index (χ1n) is 6.15. The van der Waals surface area contributed by atoms with Gasteiger partial charge in [-0.05, 0) is 24.6 Å². The molecule has 2 N–H and O–H groups in total. The average molecular weight is 287 g/mol. The molecule has 7 nitrogen and oxygen atoms in total. The van der Waals surface area contributed by atoms with Gasteiger partial charge in [0, 0.05) is 12.3 Å². The van der Waals surface area contributed by atoms with Gasteiger partial charge in [0.25, 0.3) is 5.69 Å². The Balaban J connectivity index is 2.21. The van der Waals surface area contributed by atoms with Gasteiger partial charge in [-0.1, -0.05) is 12.1 Å². The van der Waals surface area contributed by atoms with Crippen LogP contribution >= 0.6 is 0 Å². The number of nitro groups is 1. The highest BCUT2D eigenvalue weighted by atomic mass is 16.6. The van der Waals surface area contributed by atoms with Crippen molar-refractivity contribution in [2.24, 2.45) is 0 Å². The summed E-state index contributed by atoms with van der Waals surface area (Å²) in [6, 6.07) is 7.39. The largest absolute Gasteiger partial charge is 0.505 e. The third kappa shape index (κ3) is 3.33. The van der Waals surface area contributed by atoms with E-state index in [1.54, 1.807) is 12.3 Å². The van der Waals surface area contributed by atoms with Crippen molar-refractivity contribution < 1.29 is 14.8 Å². The van der Waals surface area contributed by atoms with Crippen molar-refractivity contribution in [3.8, 4) is 5.75 Å². The van der Waals surface area contributed by atoms with E-state index in [9.17, 15) is 20.0 Å². The number of pyridine rings is 1. The Morgan fingerprint density at radius 2 is 2.14 bits per heavy atom. The molecule has 21 heavy (non-hydrogen) atoms. The van der Waals surface area contributed by atoms with E-state index in [2.05, 4.69) is 10.3 Å². The number of carbonyl (C=O) groups is 1. The molecule has 0 saturated carbocycles. The van der Waals surface area contributed by atoms with Gasteiger partial charge in [0.2, 0.25) is 5.91 Å². The molecule has 0 fully saturated rings. The molecule has 0 unspecified atom stereocenters. The van der Waals surface area contributed by atoms with Crippen LogP contribution in [0.5, 0.6) is 5.75 Å². The fourth-order valence-electron chi connectivity index (χ4n) is 1.85. The lowest BCUT2D eigenvalue weighted by molar-refractivity contribution is -0.384. The molecule has 2 aromatic rings. The maximum atomic E-state index is 12.0. The predicted molar refractivity (Wildman–Crippen MR) is 76.1 cm³/mol. The van der Waals surface area contributed by atoms with Crippen molar-refractivity contribution in [3.63, 3.8) is 0 Å². The summed E-state index contributed by atoms with van der Waals surface area (Å²) in [7, 11) is 0. The number of phenols is 1. The Kier molecular flexibility index (Phi) is 4.13. The molecule has 1 aromatic heterocycles. The van der Waals surface area contributed by atoms with Gasteiger partial charge in [0.05, 0.1) is 17.0 Å². The van der Waals surface area contributed by atoms with Crippen LogP contribution in [0.15, 0.2) is 36.5 Å². The van der Waals surface area contributed by atoms with Gasteiger partial charge in [0.1, 0.15) is 5.75 Å². The van der Waals surface area contributed by atoms with Gasteiger partial charge in [-0.25, -0.2) is 0 Å². The van der Waals surface area contributed by atoms with Crippen molar-refractivity contribution in [1.29, 1.82) is 0 Å². The number of hydrogen-bond acceptors (Lipinski definition) is 5. The van der Waals surface area contributed by atoms with E-state index in [0.717, 1.165) is 5.56 Å². The number of aromatic hydroxyl groups is 1. The summed E-state index contributed by atoms with van der Waals surface area (Å²) >= 11 is 0. The number of nitrogens with one attached hydrogen (secondary N) is 1. The van der Waals surface area contributed by atoms with E-state index < -0.39 is 10.8 Å². The van der Waals surface area contributed by atoms with E-state index in [4.69, 9.17) is 0 Å². The number of aromatic nitrogens is 1. The minimum Gasteiger partial charge on any atom is -0.505 e. The Bertz CT molecular complexity index is 700. The lowest BCUT2D eigenvalue weighted by Gasteiger charge is -2.08. The summed E-state index contributed by atoms with van der Waals surface area (Å²) in [5.41, 5.74) is 0.856. The zero-order chi connectivity index (χ0) is 15.4. The van der Waals surface area contributed by atoms with Gasteiger partial charge < -0.3 is 10.4 Å². The maximum Gasteiger partial charge on any atom is 0.296 e. The Labute approximate surface area is 120 Å². The topological polar surface area (TPSA) is 105 Å². The van der Waals surface area contributed by atoms with E-state index in [1.165, 1.54) is 18.2 Å². The second-order valence-corrected chi connectivity index (χ2v) is 4.42. The molecule has 0 spiro atoms. The first kappa shape index (κ1) is 14.4. The van der Waals surface area contributed by atoms with Gasteiger partial charge in [-0.3, -0.25) is 19.9 Å². The molecule has 0 aliphatic heterocycles. The fraction of sp³-hybridized carbons (Fsp3) is 0.143. The highest BCUT2D eigenvalue weighted by Gasteiger charge is 2.19. The number of nitro benzene ring substituents is 1. The number of para-hydroxylation sites is 1. The Morgan fingerprint density at radius 3 is 2.81 bits per heavy atom. The molecule has 0 radical (unpaired) electrons. The summed E-state index contributed by atoms with van der Waals surface area (Å²) < 4.78 is 0. The summed E-state index contributed by atoms with van der Waals surface area (Å²) in [4.78, 5) is 26.3. The molecule has 2 rings (SSSR count). The monoisotopic (exact) mass is 287 g/mol. The fourth-order valence-corrected chi connectivity index (χ4v) is 1.85. The molecule has 0 atom stereocenters. The van der Waals surface area contributed by atoms with Crippen LogP contribution in [0, 0.1) is 17.0 Å². The molecule has 0 aliphatic carbocycles. The van der Waals surface area contributed by atoms with Crippen molar-refractivity contribution in [1.82, 2.24) is 4.98 Å². The number of amides is 1. The number of aryl methyl sites for hydroxylation is 1. The minimum absolute atomic E-state index is 0.0296. The van der Waals surface area contributed by atoms with Crippen LogP contribution in [0.25, 0.3) is 0 Å². The van der Waals surface area contributed by atoms with Crippen LogP contribution in [0.3, 0.4) is 0 Å². The molecule has 108 valence electrons. The highest BCUT2D eigenvalue weighted by Crippen LogP contribution is 2.33. The number of hydrogen-bond donors (Lipinski definition) is 2. The van der Waals surface area contributed by atoms with E-state index in [1.807, 2.05) is 13.0 Å². The number of phenolic OH excluding ortho intramolecular Hbond substituents is 1. The minimum atomic E-state index is -0.665. The van der Waals surface area contributed by atoms with Crippen LogP contribution < -0.4 is 5.32 Å². The summed E-state index contributed by atoms with van der Waals surface area (Å²) in [5.74, 6) is -0.836. The van der Waals surface area contributed by atoms with Gasteiger partial charge in [0.15, 0.2) is 5.69 Å². The molecule has 0 saturated heterocycles. The number of anilines is 1. The average Bonchev–Trinajstić information content (AvgIpc) is 2.43. The third-order valence-electron chi connectivity index (χ3n) is 2.93. The van der Waals surface area contributed by atoms with E-state index >= 15 is 0 Å². The highest BCUT2D eigenvalue weighted by molar-refractivity contribution is 5.96. The molecule has 0 bridgehead atoms. The second kappa shape index (κ2) is 6.00. The molecule has 1 heterocycles. The SMILES string of the molecule is Cc1cccnc1CC(=O)Nc1c(O)cccc1[N+](=O)[O-]. The first-order chi connectivity index (χ1) is 9.99. The van der Waals surface area contributed by atoms with E-state index in [-0.39, 0.29) is 23.5 Å². The molecular weight excluding hydrogens is 274 g/mol. The number of rotatable bonds is 4. The van der Waals surface area contributed by atoms with Crippen LogP contribution in [-0.2, 0) is 11.2 Å². The lowest BCUT2D eigenvalue weighted by atomic mass is 10.1. The maximum absolute atomic E-state index is 12.0. The predicted octanol–water partition coefficient (Wildman–Crippen LogP) is 2.19. The number of carbonyl (C=O) groups excluding carboxylic acids is 1. The van der Waals surface area contributed by atoms with Crippen LogP contribution in [0.2, 0.25) is 0 Å². The van der Waals surface area contributed by atoms with Crippen LogP contribution in [-0.4, -0.2) is 20.9 Å². The Hall–Kier alpha value is -2.96. The smallest absolute Gasteiger partial charge is 0.296 e. The molecule has 1 aromatic carbocycles. The summed E-state index contributed by atoms with van der Waals surface area (Å²) in [6.07, 6.45) is 1.54. The van der Waals surface area contributed by atoms with Crippen LogP contribution in [0.4, 0.5) is 11.4 Å². The first-order valence-corrected chi connectivity index (χ1v) is 6.15. The zero-order valence-corrected chi connectivity index (χ0v) is 11.2. The molecule has 1 amide bonds. The molecule has 7 heteroatoms. The summed E-state index contributed by atoms with van der Waals surface area (Å²) in [5, 5.41) is 22.9. The lowest BCUT2D eigenvalue weighted by Crippen LogP contribution is -2.16. The van der Waals surface area contributed by atoms with Crippen molar-refractivity contribution >= 4 is 17.3 Å². The molecular formula is C14H13N3O4. The van der Waals surface area contributed by atoms with E-state index in [0.29, 0.717) is 5.69 Å². The third-order valence-corrected chi connectivity index (χ3v) is 2.93. The number of benzene rings is 1. The van der Waals surface area contributed by atoms with Gasteiger partial charge >= 0.3 is 0 Å².